The normalized spacial score (nSPS) is 15.9. The molecule has 0 aliphatic carbocycles. The Labute approximate surface area is 538 Å². The van der Waals surface area contributed by atoms with E-state index >= 15 is 0 Å². The molecule has 0 heterocycles. The number of hydrogen-bond acceptors (Lipinski definition) is 18. The molecule has 1 aromatic rings. The van der Waals surface area contributed by atoms with Gasteiger partial charge in [0.1, 0.15) is 66.5 Å². The zero-order valence-electron chi connectivity index (χ0n) is 54.7. The summed E-state index contributed by atoms with van der Waals surface area (Å²) in [6.07, 6.45) is -1.04. The van der Waals surface area contributed by atoms with Crippen LogP contribution in [0, 0.1) is 23.7 Å². The molecule has 0 saturated carbocycles. The number of nitrogens with one attached hydrogen (secondary N) is 10. The van der Waals surface area contributed by atoms with E-state index < -0.39 is 187 Å². The number of aliphatic hydroxyl groups excluding tert-OH is 2. The maximum absolute atomic E-state index is 14.3. The molecule has 0 unspecified atom stereocenters. The summed E-state index contributed by atoms with van der Waals surface area (Å²) in [4.78, 5) is 177. The number of primary amides is 2. The van der Waals surface area contributed by atoms with E-state index in [0.29, 0.717) is 37.8 Å². The van der Waals surface area contributed by atoms with E-state index in [4.69, 9.17) is 28.7 Å². The number of unbranched alkanes of at least 4 members (excludes halogenated alkanes) is 2. The molecule has 0 bridgehead atoms. The van der Waals surface area contributed by atoms with Gasteiger partial charge in [0.05, 0.1) is 19.1 Å². The molecule has 31 nitrogen and oxygen atoms in total. The number of nitrogens with two attached hydrogens (primary N) is 5. The first-order valence-corrected chi connectivity index (χ1v) is 31.6. The van der Waals surface area contributed by atoms with Crippen molar-refractivity contribution >= 4 is 76.9 Å². The van der Waals surface area contributed by atoms with Crippen LogP contribution >= 0.6 is 0 Å². The van der Waals surface area contributed by atoms with Gasteiger partial charge >= 0.3 is 5.97 Å². The van der Waals surface area contributed by atoms with E-state index in [0.717, 1.165) is 0 Å². The summed E-state index contributed by atoms with van der Waals surface area (Å²) >= 11 is 0. The minimum atomic E-state index is -1.82. The van der Waals surface area contributed by atoms with Crippen LogP contribution in [0.25, 0.3) is 0 Å². The van der Waals surface area contributed by atoms with Crippen molar-refractivity contribution in [3.05, 3.63) is 35.9 Å². The standard InChI is InChI=1S/C61H105N15O16/c1-10-34(7)49(59(89)73-43(29-37-19-13-12-14-20-37)55(85)69-40(61(91)92)22-16-18-26-63)75-56(86)44(30-47(65)80)71-51(81)38(21-15-17-25-62)67-53(83)41(27-32(3)4)70-57(87)45(31-77)74-52(82)39(23-24-46(64)79)68-54(84)42(28-33(5)6)72-60(90)50(35(8)11-2)76-58(88)48(66)36(9)78/h12-14,19-20,32-36,38-45,48-50,77-78H,10-11,15-18,21-31,62-63,66H2,1-9H3,(H2,64,79)(H2,65,80)(H,67,83)(H,68,84)(H,69,85)(H,70,87)(H,71,81)(H,72,90)(H,73,89)(H,74,82)(H,75,86)(H,76,88)(H,91,92)/t34-,35-,36+,38-,39-,40-,41-,42-,43-,44-,45-,48-,49-,50+/m0/s1. The van der Waals surface area contributed by atoms with Crippen LogP contribution in [0.15, 0.2) is 30.3 Å². The summed E-state index contributed by atoms with van der Waals surface area (Å²) in [7, 11) is 0. The Hall–Kier alpha value is -7.87. The summed E-state index contributed by atoms with van der Waals surface area (Å²) in [6, 6.07) is -7.64. The first-order chi connectivity index (χ1) is 43.2. The molecule has 0 saturated heterocycles. The molecule has 0 aromatic heterocycles. The van der Waals surface area contributed by atoms with Gasteiger partial charge in [-0.2, -0.15) is 0 Å². The topological polar surface area (TPSA) is 533 Å². The van der Waals surface area contributed by atoms with Crippen molar-refractivity contribution in [2.45, 2.75) is 225 Å². The predicted molar refractivity (Wildman–Crippen MR) is 340 cm³/mol. The smallest absolute Gasteiger partial charge is 0.326 e. The molecule has 0 aliphatic heterocycles. The Kier molecular flexibility index (Phi) is 38.4. The Bertz CT molecular complexity index is 2580. The lowest BCUT2D eigenvalue weighted by molar-refractivity contribution is -0.142. The lowest BCUT2D eigenvalue weighted by Gasteiger charge is -2.30. The molecule has 31 heteroatoms. The second-order valence-electron chi connectivity index (χ2n) is 24.2. The van der Waals surface area contributed by atoms with Crippen LogP contribution in [0.1, 0.15) is 151 Å². The number of carbonyl (C=O) groups excluding carboxylic acids is 12. The number of carboxylic acid groups (broad SMARTS) is 1. The molecule has 0 radical (unpaired) electrons. The number of hydrogen-bond donors (Lipinski definition) is 18. The minimum absolute atomic E-state index is 0.00702. The quantitative estimate of drug-likeness (QED) is 0.0281. The molecule has 1 rings (SSSR count). The largest absolute Gasteiger partial charge is 0.480 e. The lowest BCUT2D eigenvalue weighted by atomic mass is 9.96. The van der Waals surface area contributed by atoms with Crippen LogP contribution in [0.3, 0.4) is 0 Å². The zero-order valence-corrected chi connectivity index (χ0v) is 54.7. The number of amides is 12. The Morgan fingerprint density at radius 3 is 1.24 bits per heavy atom. The zero-order chi connectivity index (χ0) is 69.9. The van der Waals surface area contributed by atoms with Gasteiger partial charge < -0.3 is 97.2 Å². The van der Waals surface area contributed by atoms with Gasteiger partial charge in [-0.05, 0) is 107 Å². The van der Waals surface area contributed by atoms with E-state index in [1.807, 2.05) is 0 Å². The number of benzene rings is 1. The Morgan fingerprint density at radius 2 is 0.815 bits per heavy atom. The third-order valence-electron chi connectivity index (χ3n) is 15.3. The summed E-state index contributed by atoms with van der Waals surface area (Å²) < 4.78 is 0. The van der Waals surface area contributed by atoms with Gasteiger partial charge in [0, 0.05) is 12.8 Å². The second kappa shape index (κ2) is 43.0. The number of rotatable bonds is 46. The fourth-order valence-corrected chi connectivity index (χ4v) is 9.42. The van der Waals surface area contributed by atoms with Crippen molar-refractivity contribution in [3.63, 3.8) is 0 Å². The summed E-state index contributed by atoms with van der Waals surface area (Å²) in [5.74, 6) is -14.4. The van der Waals surface area contributed by atoms with Crippen LogP contribution in [-0.2, 0) is 68.7 Å². The molecule has 92 heavy (non-hydrogen) atoms. The van der Waals surface area contributed by atoms with Crippen molar-refractivity contribution in [3.8, 4) is 0 Å². The molecular formula is C61H105N15O16. The van der Waals surface area contributed by atoms with Crippen molar-refractivity contribution < 1.29 is 77.6 Å². The second-order valence-corrected chi connectivity index (χ2v) is 24.2. The van der Waals surface area contributed by atoms with Crippen LogP contribution in [0.5, 0.6) is 0 Å². The fourth-order valence-electron chi connectivity index (χ4n) is 9.42. The lowest BCUT2D eigenvalue weighted by Crippen LogP contribution is -2.62. The predicted octanol–water partition coefficient (Wildman–Crippen LogP) is -3.55. The van der Waals surface area contributed by atoms with Crippen LogP contribution < -0.4 is 81.8 Å². The van der Waals surface area contributed by atoms with Crippen molar-refractivity contribution in [1.82, 2.24) is 53.2 Å². The van der Waals surface area contributed by atoms with Gasteiger partial charge in [0.25, 0.3) is 0 Å². The van der Waals surface area contributed by atoms with Crippen LogP contribution in [0.4, 0.5) is 0 Å². The highest BCUT2D eigenvalue weighted by molar-refractivity contribution is 6.00. The number of carbonyl (C=O) groups is 13. The molecule has 12 amide bonds. The maximum Gasteiger partial charge on any atom is 0.326 e. The Balaban J connectivity index is 3.58. The molecular weight excluding hydrogens is 1200 g/mol. The monoisotopic (exact) mass is 1300 g/mol. The van der Waals surface area contributed by atoms with E-state index in [2.05, 4.69) is 53.2 Å². The highest BCUT2D eigenvalue weighted by Crippen LogP contribution is 2.16. The number of carboxylic acids is 1. The first kappa shape index (κ1) is 82.1. The van der Waals surface area contributed by atoms with Crippen molar-refractivity contribution in [2.75, 3.05) is 19.7 Å². The average Bonchev–Trinajstić information content (AvgIpc) is 0.928. The van der Waals surface area contributed by atoms with Crippen molar-refractivity contribution in [1.29, 1.82) is 0 Å². The Morgan fingerprint density at radius 1 is 0.446 bits per heavy atom. The van der Waals surface area contributed by atoms with Crippen LogP contribution in [0.2, 0.25) is 0 Å². The molecule has 0 spiro atoms. The highest BCUT2D eigenvalue weighted by Gasteiger charge is 2.38. The van der Waals surface area contributed by atoms with E-state index in [1.165, 1.54) is 6.92 Å². The van der Waals surface area contributed by atoms with Gasteiger partial charge in [-0.3, -0.25) is 57.5 Å². The SMILES string of the molecule is CC[C@H](C)[C@H](NC(=O)[C@H](CC(N)=O)NC(=O)[C@H](CCCCN)NC(=O)[C@H](CC(C)C)NC(=O)[C@H](CO)NC(=O)[C@H](CCC(N)=O)NC(=O)[C@H](CC(C)C)NC(=O)[C@H](NC(=O)[C@@H](N)[C@@H](C)O)[C@@H](C)CC)C(=O)N[C@@H](Cc1ccccc1)C(=O)N[C@@H](CCCCN)C(=O)O. The first-order valence-electron chi connectivity index (χ1n) is 31.6. The van der Waals surface area contributed by atoms with Gasteiger partial charge in [0.2, 0.25) is 70.9 Å². The highest BCUT2D eigenvalue weighted by atomic mass is 16.4. The molecule has 1 aromatic carbocycles. The molecule has 23 N–H and O–H groups in total. The number of aliphatic hydroxyl groups is 2. The third kappa shape index (κ3) is 30.5. The number of aliphatic carboxylic acids is 1. The van der Waals surface area contributed by atoms with Gasteiger partial charge in [-0.15, -0.1) is 0 Å². The van der Waals surface area contributed by atoms with Gasteiger partial charge in [0.15, 0.2) is 0 Å². The minimum Gasteiger partial charge on any atom is -0.480 e. The van der Waals surface area contributed by atoms with Crippen molar-refractivity contribution in [2.24, 2.45) is 52.3 Å². The van der Waals surface area contributed by atoms with E-state index in [1.54, 1.807) is 85.7 Å². The summed E-state index contributed by atoms with van der Waals surface area (Å²) in [5, 5.41) is 55.6. The maximum atomic E-state index is 14.3. The van der Waals surface area contributed by atoms with Gasteiger partial charge in [-0.1, -0.05) is 98.6 Å². The third-order valence-corrected chi connectivity index (χ3v) is 15.3. The fraction of sp³-hybridized carbons (Fsp3) is 0.689. The van der Waals surface area contributed by atoms with E-state index in [-0.39, 0.29) is 63.3 Å². The summed E-state index contributed by atoms with van der Waals surface area (Å²) in [5.41, 5.74) is 28.8. The van der Waals surface area contributed by atoms with Gasteiger partial charge in [-0.25, -0.2) is 4.79 Å². The molecule has 0 fully saturated rings. The molecule has 520 valence electrons. The summed E-state index contributed by atoms with van der Waals surface area (Å²) in [6.45, 7) is 14.4. The van der Waals surface area contributed by atoms with Crippen LogP contribution in [-0.4, -0.2) is 184 Å². The van der Waals surface area contributed by atoms with E-state index in [9.17, 15) is 77.6 Å². The average molecular weight is 1300 g/mol. The molecule has 0 aliphatic rings. The molecule has 14 atom stereocenters.